The maximum Gasteiger partial charge on any atom is 0.144 e. The van der Waals surface area contributed by atoms with Crippen molar-refractivity contribution in [3.63, 3.8) is 0 Å². The van der Waals surface area contributed by atoms with Gasteiger partial charge in [0.2, 0.25) is 0 Å². The maximum absolute atomic E-state index is 5.26. The number of benzene rings is 1. The molecule has 0 aliphatic rings. The summed E-state index contributed by atoms with van der Waals surface area (Å²) in [6.07, 6.45) is 0. The van der Waals surface area contributed by atoms with Crippen molar-refractivity contribution in [2.45, 2.75) is 6.92 Å². The predicted octanol–water partition coefficient (Wildman–Crippen LogP) is 3.25. The first-order valence-electron chi connectivity index (χ1n) is 4.03. The Balaban J connectivity index is 2.80. The van der Waals surface area contributed by atoms with Crippen molar-refractivity contribution in [3.8, 4) is 5.75 Å². The van der Waals surface area contributed by atoms with Gasteiger partial charge in [-0.05, 0) is 25.1 Å². The molecule has 0 aliphatic carbocycles. The summed E-state index contributed by atoms with van der Waals surface area (Å²) in [4.78, 5) is 3.26. The highest BCUT2D eigenvalue weighted by Crippen LogP contribution is 2.29. The minimum absolute atomic E-state index is 0.873. The van der Waals surface area contributed by atoms with Crippen molar-refractivity contribution >= 4 is 26.8 Å². The van der Waals surface area contributed by atoms with Gasteiger partial charge < -0.3 is 9.72 Å². The monoisotopic (exact) mass is 239 g/mol. The van der Waals surface area contributed by atoms with Crippen LogP contribution < -0.4 is 4.74 Å². The van der Waals surface area contributed by atoms with Crippen LogP contribution in [0.4, 0.5) is 0 Å². The molecule has 3 heteroatoms. The quantitative estimate of drug-likeness (QED) is 0.813. The summed E-state index contributed by atoms with van der Waals surface area (Å²) in [6, 6.07) is 6.13. The molecule has 0 unspecified atom stereocenters. The molecule has 0 saturated heterocycles. The fourth-order valence-corrected chi connectivity index (χ4v) is 1.93. The molecule has 0 spiro atoms. The van der Waals surface area contributed by atoms with E-state index in [1.54, 1.807) is 7.11 Å². The second kappa shape index (κ2) is 3.07. The van der Waals surface area contributed by atoms with E-state index in [1.807, 2.05) is 13.0 Å². The number of methoxy groups -OCH3 is 1. The second-order valence-corrected chi connectivity index (χ2v) is 3.94. The van der Waals surface area contributed by atoms with Gasteiger partial charge in [-0.2, -0.15) is 0 Å². The third-order valence-electron chi connectivity index (χ3n) is 2.01. The van der Waals surface area contributed by atoms with Crippen molar-refractivity contribution in [1.82, 2.24) is 4.98 Å². The number of halogens is 1. The molecule has 13 heavy (non-hydrogen) atoms. The lowest BCUT2D eigenvalue weighted by Crippen LogP contribution is -1.84. The third-order valence-corrected chi connectivity index (χ3v) is 2.47. The zero-order valence-corrected chi connectivity index (χ0v) is 9.10. The number of aromatic nitrogens is 1. The molecule has 0 fully saturated rings. The van der Waals surface area contributed by atoms with E-state index in [0.717, 1.165) is 21.4 Å². The van der Waals surface area contributed by atoms with Gasteiger partial charge in [0.05, 0.1) is 12.6 Å². The minimum Gasteiger partial charge on any atom is -0.495 e. The van der Waals surface area contributed by atoms with Gasteiger partial charge in [-0.25, -0.2) is 0 Å². The highest BCUT2D eigenvalue weighted by Gasteiger charge is 2.05. The molecular formula is C10H10BrNO. The average Bonchev–Trinajstić information content (AvgIpc) is 2.43. The van der Waals surface area contributed by atoms with Gasteiger partial charge in [-0.3, -0.25) is 0 Å². The summed E-state index contributed by atoms with van der Waals surface area (Å²) < 4.78 is 6.30. The molecule has 0 aliphatic heterocycles. The highest BCUT2D eigenvalue weighted by molar-refractivity contribution is 9.10. The summed E-state index contributed by atoms with van der Waals surface area (Å²) in [5.74, 6) is 0.873. The summed E-state index contributed by atoms with van der Waals surface area (Å²) in [5, 5.41) is 1.17. The minimum atomic E-state index is 0.873. The number of hydrogen-bond acceptors (Lipinski definition) is 1. The molecule has 2 nitrogen and oxygen atoms in total. The molecule has 0 amide bonds. The fourth-order valence-electron chi connectivity index (χ4n) is 1.48. The molecule has 1 N–H and O–H groups in total. The summed E-state index contributed by atoms with van der Waals surface area (Å²) in [6.45, 7) is 2.04. The van der Waals surface area contributed by atoms with Crippen molar-refractivity contribution in [2.24, 2.45) is 0 Å². The standard InChI is InChI=1S/C10H10BrNO/c1-6-3-7-4-8(11)5-9(13-2)10(7)12-6/h3-5,12H,1-2H3. The van der Waals surface area contributed by atoms with Crippen LogP contribution in [0.25, 0.3) is 10.9 Å². The summed E-state index contributed by atoms with van der Waals surface area (Å²) >= 11 is 3.44. The van der Waals surface area contributed by atoms with Gasteiger partial charge in [0.1, 0.15) is 5.75 Å². The highest BCUT2D eigenvalue weighted by atomic mass is 79.9. The van der Waals surface area contributed by atoms with E-state index in [-0.39, 0.29) is 0 Å². The Hall–Kier alpha value is -0.960. The Morgan fingerprint density at radius 3 is 2.77 bits per heavy atom. The molecule has 1 aromatic heterocycles. The predicted molar refractivity (Wildman–Crippen MR) is 57.3 cm³/mol. The molecule has 68 valence electrons. The van der Waals surface area contributed by atoms with Crippen LogP contribution >= 0.6 is 15.9 Å². The van der Waals surface area contributed by atoms with E-state index in [4.69, 9.17) is 4.74 Å². The summed E-state index contributed by atoms with van der Waals surface area (Å²) in [5.41, 5.74) is 2.20. The van der Waals surface area contributed by atoms with Gasteiger partial charge in [-0.15, -0.1) is 0 Å². The molecule has 2 rings (SSSR count). The first-order valence-corrected chi connectivity index (χ1v) is 4.83. The molecule has 0 atom stereocenters. The van der Waals surface area contributed by atoms with Crippen LogP contribution in [0.5, 0.6) is 5.75 Å². The van der Waals surface area contributed by atoms with Crippen molar-refractivity contribution in [2.75, 3.05) is 7.11 Å². The lowest BCUT2D eigenvalue weighted by atomic mass is 10.2. The molecule has 0 bridgehead atoms. The molecule has 0 saturated carbocycles. The number of nitrogens with one attached hydrogen (secondary N) is 1. The van der Waals surface area contributed by atoms with Gasteiger partial charge in [-0.1, -0.05) is 15.9 Å². The number of aryl methyl sites for hydroxylation is 1. The molecule has 1 aromatic carbocycles. The molecule has 0 radical (unpaired) electrons. The van der Waals surface area contributed by atoms with Gasteiger partial charge in [0, 0.05) is 15.6 Å². The van der Waals surface area contributed by atoms with Gasteiger partial charge in [0.15, 0.2) is 0 Å². The Kier molecular flexibility index (Phi) is 2.04. The number of ether oxygens (including phenoxy) is 1. The smallest absolute Gasteiger partial charge is 0.144 e. The van der Waals surface area contributed by atoms with Crippen LogP contribution in [-0.2, 0) is 0 Å². The van der Waals surface area contributed by atoms with Gasteiger partial charge >= 0.3 is 0 Å². The summed E-state index contributed by atoms with van der Waals surface area (Å²) in [7, 11) is 1.68. The van der Waals surface area contributed by atoms with Crippen LogP contribution in [0, 0.1) is 6.92 Å². The van der Waals surface area contributed by atoms with Crippen molar-refractivity contribution in [3.05, 3.63) is 28.4 Å². The first-order chi connectivity index (χ1) is 6.20. The van der Waals surface area contributed by atoms with E-state index in [2.05, 4.69) is 33.0 Å². The lowest BCUT2D eigenvalue weighted by Gasteiger charge is -2.01. The third kappa shape index (κ3) is 1.44. The lowest BCUT2D eigenvalue weighted by molar-refractivity contribution is 0.418. The number of hydrogen-bond donors (Lipinski definition) is 1. The number of aromatic amines is 1. The van der Waals surface area contributed by atoms with E-state index in [1.165, 1.54) is 5.39 Å². The van der Waals surface area contributed by atoms with E-state index in [9.17, 15) is 0 Å². The first kappa shape index (κ1) is 8.63. The number of H-pyrrole nitrogens is 1. The van der Waals surface area contributed by atoms with Gasteiger partial charge in [0.25, 0.3) is 0 Å². The SMILES string of the molecule is COc1cc(Br)cc2cc(C)[nH]c12. The van der Waals surface area contributed by atoms with E-state index in [0.29, 0.717) is 0 Å². The number of rotatable bonds is 1. The zero-order chi connectivity index (χ0) is 9.42. The largest absolute Gasteiger partial charge is 0.495 e. The number of fused-ring (bicyclic) bond motifs is 1. The normalized spacial score (nSPS) is 10.7. The van der Waals surface area contributed by atoms with E-state index < -0.39 is 0 Å². The van der Waals surface area contributed by atoms with Crippen molar-refractivity contribution in [1.29, 1.82) is 0 Å². The Bertz CT molecular complexity index is 447. The second-order valence-electron chi connectivity index (χ2n) is 3.02. The molecule has 2 aromatic rings. The fraction of sp³-hybridized carbons (Fsp3) is 0.200. The Morgan fingerprint density at radius 2 is 2.08 bits per heavy atom. The zero-order valence-electron chi connectivity index (χ0n) is 7.52. The van der Waals surface area contributed by atoms with Crippen LogP contribution in [0.2, 0.25) is 0 Å². The Morgan fingerprint density at radius 1 is 1.31 bits per heavy atom. The van der Waals surface area contributed by atoms with Crippen molar-refractivity contribution < 1.29 is 4.74 Å². The Labute approximate surface area is 85.0 Å². The maximum atomic E-state index is 5.26. The molecule has 1 heterocycles. The molecular weight excluding hydrogens is 230 g/mol. The topological polar surface area (TPSA) is 25.0 Å². The van der Waals surface area contributed by atoms with Crippen LogP contribution in [0.3, 0.4) is 0 Å². The average molecular weight is 240 g/mol. The van der Waals surface area contributed by atoms with Crippen LogP contribution in [-0.4, -0.2) is 12.1 Å². The van der Waals surface area contributed by atoms with Crippen LogP contribution in [0.1, 0.15) is 5.69 Å². The van der Waals surface area contributed by atoms with Crippen LogP contribution in [0.15, 0.2) is 22.7 Å². The van der Waals surface area contributed by atoms with E-state index >= 15 is 0 Å².